The number of allylic oxidation sites excluding steroid dienone is 2. The maximum atomic E-state index is 5.10. The summed E-state index contributed by atoms with van der Waals surface area (Å²) in [6.45, 7) is 6.12. The van der Waals surface area contributed by atoms with Crippen molar-refractivity contribution in [2.75, 3.05) is 12.5 Å². The molecule has 0 spiro atoms. The maximum Gasteiger partial charge on any atom is 0.0789 e. The van der Waals surface area contributed by atoms with E-state index in [4.69, 9.17) is 4.98 Å². The highest BCUT2D eigenvalue weighted by Gasteiger charge is 2.33. The lowest BCUT2D eigenvalue weighted by Crippen LogP contribution is -1.98. The van der Waals surface area contributed by atoms with Gasteiger partial charge in [0.2, 0.25) is 0 Å². The van der Waals surface area contributed by atoms with Crippen LogP contribution in [0.15, 0.2) is 144 Å². The molecule has 0 saturated carbocycles. The van der Waals surface area contributed by atoms with Crippen molar-refractivity contribution in [1.82, 2.24) is 4.98 Å². The zero-order valence-corrected chi connectivity index (χ0v) is 26.1. The molecule has 0 amide bonds. The van der Waals surface area contributed by atoms with Crippen LogP contribution in [0.2, 0.25) is 0 Å². The zero-order chi connectivity index (χ0) is 30.0. The summed E-state index contributed by atoms with van der Waals surface area (Å²) in [5.41, 5.74) is 9.79. The third kappa shape index (κ3) is 3.84. The van der Waals surface area contributed by atoms with Gasteiger partial charge in [0.05, 0.1) is 5.69 Å². The predicted octanol–water partition coefficient (Wildman–Crippen LogP) is 11.8. The van der Waals surface area contributed by atoms with Gasteiger partial charge in [0, 0.05) is 27.1 Å². The van der Waals surface area contributed by atoms with Crippen LogP contribution in [0.1, 0.15) is 11.1 Å². The zero-order valence-electron chi connectivity index (χ0n) is 25.3. The molecular formula is C42H33NS. The van der Waals surface area contributed by atoms with E-state index in [9.17, 15) is 0 Å². The summed E-state index contributed by atoms with van der Waals surface area (Å²) in [4.78, 5) is 8.02. The van der Waals surface area contributed by atoms with Gasteiger partial charge in [-0.1, -0.05) is 110 Å². The molecule has 1 nitrogen and oxygen atoms in total. The Morgan fingerprint density at radius 3 is 2.09 bits per heavy atom. The topological polar surface area (TPSA) is 12.9 Å². The van der Waals surface area contributed by atoms with E-state index in [-0.39, 0.29) is 0 Å². The quantitative estimate of drug-likeness (QED) is 0.148. The smallest absolute Gasteiger partial charge is 0.0789 e. The van der Waals surface area contributed by atoms with Crippen molar-refractivity contribution in [3.8, 4) is 33.5 Å². The van der Waals surface area contributed by atoms with Crippen molar-refractivity contribution in [2.24, 2.45) is 0 Å². The summed E-state index contributed by atoms with van der Waals surface area (Å²) >= 11 is 0. The second-order valence-electron chi connectivity index (χ2n) is 12.0. The molecule has 2 heterocycles. The lowest BCUT2D eigenvalue weighted by Gasteiger charge is -2.29. The molecule has 1 aliphatic rings. The first-order chi connectivity index (χ1) is 21.5. The number of benzene rings is 6. The summed E-state index contributed by atoms with van der Waals surface area (Å²) in [5.74, 6) is 0. The Balaban J connectivity index is 1.62. The van der Waals surface area contributed by atoms with Gasteiger partial charge in [-0.2, -0.15) is 10.0 Å². The number of hydrogen-bond donors (Lipinski definition) is 0. The molecule has 0 N–H and O–H groups in total. The van der Waals surface area contributed by atoms with Crippen molar-refractivity contribution in [3.63, 3.8) is 0 Å². The van der Waals surface area contributed by atoms with E-state index in [2.05, 4.69) is 141 Å². The first-order valence-electron chi connectivity index (χ1n) is 15.1. The van der Waals surface area contributed by atoms with Gasteiger partial charge in [-0.25, -0.2) is 0 Å². The average Bonchev–Trinajstić information content (AvgIpc) is 3.27. The largest absolute Gasteiger partial charge is 0.256 e. The Kier molecular flexibility index (Phi) is 6.11. The van der Waals surface area contributed by atoms with Gasteiger partial charge in [0.1, 0.15) is 0 Å². The molecule has 6 aromatic carbocycles. The third-order valence-corrected chi connectivity index (χ3v) is 12.2. The van der Waals surface area contributed by atoms with E-state index in [0.29, 0.717) is 0 Å². The molecular weight excluding hydrogens is 551 g/mol. The Labute approximate surface area is 260 Å². The van der Waals surface area contributed by atoms with Gasteiger partial charge < -0.3 is 0 Å². The molecule has 0 atom stereocenters. The Bertz CT molecular complexity index is 2330. The van der Waals surface area contributed by atoms with Crippen LogP contribution in [0.4, 0.5) is 0 Å². The molecule has 0 aliphatic carbocycles. The molecule has 1 aliphatic heterocycles. The van der Waals surface area contributed by atoms with Gasteiger partial charge in [-0.15, -0.1) is 0 Å². The summed E-state index contributed by atoms with van der Waals surface area (Å²) in [5, 5.41) is 7.51. The summed E-state index contributed by atoms with van der Waals surface area (Å²) < 4.78 is 0. The van der Waals surface area contributed by atoms with Gasteiger partial charge in [-0.3, -0.25) is 4.98 Å². The minimum atomic E-state index is -1.19. The molecule has 0 saturated heterocycles. The predicted molar refractivity (Wildman–Crippen MR) is 193 cm³/mol. The van der Waals surface area contributed by atoms with Gasteiger partial charge in [0.15, 0.2) is 0 Å². The molecule has 2 heteroatoms. The highest BCUT2D eigenvalue weighted by atomic mass is 32.3. The van der Waals surface area contributed by atoms with E-state index < -0.39 is 10.0 Å². The average molecular weight is 584 g/mol. The summed E-state index contributed by atoms with van der Waals surface area (Å²) in [7, 11) is -1.19. The van der Waals surface area contributed by atoms with E-state index in [1.165, 1.54) is 75.5 Å². The summed E-state index contributed by atoms with van der Waals surface area (Å²) in [6, 6.07) is 40.5. The van der Waals surface area contributed by atoms with Crippen LogP contribution >= 0.6 is 10.0 Å². The lowest BCUT2D eigenvalue weighted by molar-refractivity contribution is 1.28. The van der Waals surface area contributed by atoms with Crippen molar-refractivity contribution < 1.29 is 0 Å². The lowest BCUT2D eigenvalue weighted by atomic mass is 9.83. The van der Waals surface area contributed by atoms with Gasteiger partial charge in [-0.05, 0) is 104 Å². The number of pyridine rings is 1. The summed E-state index contributed by atoms with van der Waals surface area (Å²) in [6.07, 6.45) is 12.9. The normalized spacial score (nSPS) is 14.2. The number of rotatable bonds is 4. The van der Waals surface area contributed by atoms with E-state index in [1.807, 2.05) is 18.3 Å². The molecule has 0 radical (unpaired) electrons. The van der Waals surface area contributed by atoms with E-state index in [0.717, 1.165) is 11.3 Å². The monoisotopic (exact) mass is 583 g/mol. The standard InChI is InChI=1S/C42H33NS/c1-5-6-16-29-27(2)23-24-43-42(29)41-34-20-10-9-19-33(34)40(32-21-13-15-28-14-7-8-17-30(28)32)37-26-39-35(25-36(37)41)31-18-11-12-22-38(31)44(39,3)4/h5-26H,1H2,2-4H3/b16-6-. The first kappa shape index (κ1) is 26.7. The molecule has 0 unspecified atom stereocenters. The Hall–Kier alpha value is -4.92. The minimum absolute atomic E-state index is 1.01. The maximum absolute atomic E-state index is 5.10. The number of aryl methyl sites for hydroxylation is 1. The highest BCUT2D eigenvalue weighted by molar-refractivity contribution is 8.33. The van der Waals surface area contributed by atoms with Crippen LogP contribution < -0.4 is 0 Å². The molecule has 212 valence electrons. The molecule has 7 aromatic rings. The first-order valence-corrected chi connectivity index (χ1v) is 17.5. The van der Waals surface area contributed by atoms with Crippen molar-refractivity contribution in [3.05, 3.63) is 145 Å². The van der Waals surface area contributed by atoms with Crippen LogP contribution in [0, 0.1) is 6.92 Å². The number of nitrogens with zero attached hydrogens (tertiary/aromatic N) is 1. The third-order valence-electron chi connectivity index (χ3n) is 9.30. The Morgan fingerprint density at radius 1 is 0.614 bits per heavy atom. The fourth-order valence-corrected chi connectivity index (χ4v) is 9.73. The number of hydrogen-bond acceptors (Lipinski definition) is 1. The Morgan fingerprint density at radius 2 is 1.27 bits per heavy atom. The molecule has 1 aromatic heterocycles. The van der Waals surface area contributed by atoms with Crippen LogP contribution in [0.3, 0.4) is 0 Å². The van der Waals surface area contributed by atoms with Crippen LogP contribution in [0.5, 0.6) is 0 Å². The fourth-order valence-electron chi connectivity index (χ4n) is 7.22. The number of aromatic nitrogens is 1. The fraction of sp³-hybridized carbons (Fsp3) is 0.0714. The van der Waals surface area contributed by atoms with Gasteiger partial charge in [0.25, 0.3) is 0 Å². The van der Waals surface area contributed by atoms with Crippen LogP contribution in [-0.2, 0) is 0 Å². The molecule has 0 fully saturated rings. The molecule has 44 heavy (non-hydrogen) atoms. The van der Waals surface area contributed by atoms with E-state index in [1.54, 1.807) is 0 Å². The minimum Gasteiger partial charge on any atom is -0.256 e. The SMILES string of the molecule is C=C/C=C\c1c(C)ccnc1-c1c2ccccc2c(-c2cccc3ccccc23)c2cc3c(cc12)-c1ccccc1S3(C)C. The van der Waals surface area contributed by atoms with Crippen molar-refractivity contribution >= 4 is 48.4 Å². The molecule has 8 rings (SSSR count). The van der Waals surface area contributed by atoms with Crippen molar-refractivity contribution in [1.29, 1.82) is 0 Å². The number of fused-ring (bicyclic) bond motifs is 6. The second kappa shape index (κ2) is 10.1. The highest BCUT2D eigenvalue weighted by Crippen LogP contribution is 2.68. The molecule has 0 bridgehead atoms. The van der Waals surface area contributed by atoms with Crippen molar-refractivity contribution in [2.45, 2.75) is 16.7 Å². The second-order valence-corrected chi connectivity index (χ2v) is 15.6. The van der Waals surface area contributed by atoms with Crippen LogP contribution in [-0.4, -0.2) is 17.5 Å². The van der Waals surface area contributed by atoms with E-state index >= 15 is 0 Å². The van der Waals surface area contributed by atoms with Gasteiger partial charge >= 0.3 is 0 Å². The van der Waals surface area contributed by atoms with Crippen LogP contribution in [0.25, 0.3) is 71.9 Å².